The van der Waals surface area contributed by atoms with Crippen molar-refractivity contribution in [2.75, 3.05) is 0 Å². The first-order chi connectivity index (χ1) is 10.5. The van der Waals surface area contributed by atoms with E-state index in [9.17, 15) is 14.0 Å². The lowest BCUT2D eigenvalue weighted by molar-refractivity contribution is -0.155. The molecule has 0 aliphatic heterocycles. The lowest BCUT2D eigenvalue weighted by Gasteiger charge is -2.13. The molecule has 0 aliphatic rings. The summed E-state index contributed by atoms with van der Waals surface area (Å²) in [5.74, 6) is -1.42. The zero-order valence-corrected chi connectivity index (χ0v) is 11.8. The third-order valence-corrected chi connectivity index (χ3v) is 2.74. The fourth-order valence-electron chi connectivity index (χ4n) is 1.61. The van der Waals surface area contributed by atoms with Crippen LogP contribution in [0.1, 0.15) is 12.5 Å². The summed E-state index contributed by atoms with van der Waals surface area (Å²) in [5.41, 5.74) is 0.738. The molecule has 9 heteroatoms. The zero-order valence-electron chi connectivity index (χ0n) is 11.8. The third-order valence-electron chi connectivity index (χ3n) is 2.74. The van der Waals surface area contributed by atoms with Crippen molar-refractivity contribution in [1.29, 1.82) is 0 Å². The van der Waals surface area contributed by atoms with Crippen LogP contribution in [-0.2, 0) is 27.4 Å². The van der Waals surface area contributed by atoms with E-state index in [1.165, 1.54) is 30.1 Å². The van der Waals surface area contributed by atoms with Gasteiger partial charge >= 0.3 is 5.97 Å². The Labute approximate surface area is 125 Å². The van der Waals surface area contributed by atoms with Gasteiger partial charge in [0.05, 0.1) is 0 Å². The molecule has 1 aromatic carbocycles. The van der Waals surface area contributed by atoms with Gasteiger partial charge in [0.1, 0.15) is 18.7 Å². The van der Waals surface area contributed by atoms with Crippen LogP contribution in [0.4, 0.5) is 4.39 Å². The molecule has 22 heavy (non-hydrogen) atoms. The Morgan fingerprint density at radius 1 is 1.36 bits per heavy atom. The second-order valence-electron chi connectivity index (χ2n) is 4.48. The van der Waals surface area contributed by atoms with Crippen molar-refractivity contribution >= 4 is 11.9 Å². The number of tetrazole rings is 1. The van der Waals surface area contributed by atoms with Crippen molar-refractivity contribution in [1.82, 2.24) is 25.5 Å². The molecular formula is C13H14FN5O3. The highest BCUT2D eigenvalue weighted by Gasteiger charge is 2.18. The summed E-state index contributed by atoms with van der Waals surface area (Å²) < 4.78 is 18.9. The molecule has 1 amide bonds. The van der Waals surface area contributed by atoms with E-state index in [-0.39, 0.29) is 18.9 Å². The van der Waals surface area contributed by atoms with E-state index in [1.54, 1.807) is 12.1 Å². The Hall–Kier alpha value is -2.84. The van der Waals surface area contributed by atoms with E-state index < -0.39 is 18.0 Å². The molecule has 0 saturated heterocycles. The minimum Gasteiger partial charge on any atom is -0.451 e. The van der Waals surface area contributed by atoms with Crippen LogP contribution in [0, 0.1) is 5.82 Å². The minimum absolute atomic E-state index is 0.178. The zero-order chi connectivity index (χ0) is 15.9. The van der Waals surface area contributed by atoms with Gasteiger partial charge in [-0.15, -0.1) is 5.10 Å². The van der Waals surface area contributed by atoms with E-state index in [4.69, 9.17) is 4.74 Å². The van der Waals surface area contributed by atoms with E-state index in [0.717, 1.165) is 5.56 Å². The number of rotatable bonds is 6. The molecule has 116 valence electrons. The molecule has 0 radical (unpaired) electrons. The summed E-state index contributed by atoms with van der Waals surface area (Å²) in [6.45, 7) is 1.49. The predicted octanol–water partition coefficient (Wildman–Crippen LogP) is 0.0603. The topological polar surface area (TPSA) is 99.0 Å². The van der Waals surface area contributed by atoms with Crippen molar-refractivity contribution in [3.05, 3.63) is 42.0 Å². The van der Waals surface area contributed by atoms with Gasteiger partial charge in [0, 0.05) is 6.54 Å². The summed E-state index contributed by atoms with van der Waals surface area (Å²) in [4.78, 5) is 23.4. The number of amides is 1. The quantitative estimate of drug-likeness (QED) is 0.758. The van der Waals surface area contributed by atoms with Crippen molar-refractivity contribution in [2.24, 2.45) is 0 Å². The van der Waals surface area contributed by atoms with Gasteiger partial charge in [-0.05, 0) is 35.0 Å². The van der Waals surface area contributed by atoms with Crippen molar-refractivity contribution < 1.29 is 18.7 Å². The molecule has 0 saturated carbocycles. The Morgan fingerprint density at radius 2 is 2.09 bits per heavy atom. The maximum Gasteiger partial charge on any atom is 0.328 e. The fraction of sp³-hybridized carbons (Fsp3) is 0.308. The Kier molecular flexibility index (Phi) is 5.12. The number of hydrogen-bond donors (Lipinski definition) is 1. The molecule has 2 rings (SSSR count). The lowest BCUT2D eigenvalue weighted by Crippen LogP contribution is -2.36. The van der Waals surface area contributed by atoms with Crippen LogP contribution >= 0.6 is 0 Å². The first kappa shape index (κ1) is 15.5. The number of carbonyl (C=O) groups excluding carboxylic acids is 2. The molecule has 0 spiro atoms. The highest BCUT2D eigenvalue weighted by atomic mass is 19.1. The van der Waals surface area contributed by atoms with Gasteiger partial charge in [-0.3, -0.25) is 9.59 Å². The van der Waals surface area contributed by atoms with Gasteiger partial charge in [0.15, 0.2) is 6.10 Å². The summed E-state index contributed by atoms with van der Waals surface area (Å²) in [7, 11) is 0. The highest BCUT2D eigenvalue weighted by Crippen LogP contribution is 2.02. The summed E-state index contributed by atoms with van der Waals surface area (Å²) in [5, 5.41) is 12.9. The van der Waals surface area contributed by atoms with Crippen molar-refractivity contribution in [2.45, 2.75) is 26.1 Å². The van der Waals surface area contributed by atoms with Crippen LogP contribution in [0.2, 0.25) is 0 Å². The first-order valence-electron chi connectivity index (χ1n) is 6.47. The maximum absolute atomic E-state index is 12.8. The molecule has 0 unspecified atom stereocenters. The number of aromatic nitrogens is 4. The van der Waals surface area contributed by atoms with Gasteiger partial charge in [-0.25, -0.2) is 9.07 Å². The van der Waals surface area contributed by atoms with Crippen LogP contribution < -0.4 is 5.32 Å². The largest absolute Gasteiger partial charge is 0.451 e. The van der Waals surface area contributed by atoms with Gasteiger partial charge in [0.2, 0.25) is 0 Å². The van der Waals surface area contributed by atoms with Crippen molar-refractivity contribution in [3.63, 3.8) is 0 Å². The van der Waals surface area contributed by atoms with E-state index >= 15 is 0 Å². The molecule has 2 aromatic rings. The predicted molar refractivity (Wildman–Crippen MR) is 71.6 cm³/mol. The average molecular weight is 307 g/mol. The van der Waals surface area contributed by atoms with E-state index in [0.29, 0.717) is 0 Å². The van der Waals surface area contributed by atoms with E-state index in [1.807, 2.05) is 0 Å². The standard InChI is InChI=1S/C13H14FN5O3/c1-9(22-12(20)7-19-8-16-17-18-19)13(21)15-6-10-2-4-11(14)5-3-10/h2-5,8-9H,6-7H2,1H3,(H,15,21)/t9-/m0/s1. The molecule has 8 nitrogen and oxygen atoms in total. The summed E-state index contributed by atoms with van der Waals surface area (Å²) >= 11 is 0. The number of benzene rings is 1. The van der Waals surface area contributed by atoms with Crippen LogP contribution in [0.3, 0.4) is 0 Å². The smallest absolute Gasteiger partial charge is 0.328 e. The van der Waals surface area contributed by atoms with Crippen LogP contribution in [-0.4, -0.2) is 38.2 Å². The number of carbonyl (C=O) groups is 2. The Balaban J connectivity index is 1.76. The molecular weight excluding hydrogens is 293 g/mol. The number of halogens is 1. The Bertz CT molecular complexity index is 630. The maximum atomic E-state index is 12.8. The molecule has 0 fully saturated rings. The normalized spacial score (nSPS) is 11.7. The molecule has 0 bridgehead atoms. The van der Waals surface area contributed by atoms with Gasteiger partial charge in [-0.1, -0.05) is 12.1 Å². The number of hydrogen-bond acceptors (Lipinski definition) is 6. The highest BCUT2D eigenvalue weighted by molar-refractivity contribution is 5.83. The van der Waals surface area contributed by atoms with E-state index in [2.05, 4.69) is 20.8 Å². The summed E-state index contributed by atoms with van der Waals surface area (Å²) in [6.07, 6.45) is 0.310. The summed E-state index contributed by atoms with van der Waals surface area (Å²) in [6, 6.07) is 5.72. The van der Waals surface area contributed by atoms with Crippen molar-refractivity contribution in [3.8, 4) is 0 Å². The molecule has 1 heterocycles. The molecule has 0 aliphatic carbocycles. The fourth-order valence-corrected chi connectivity index (χ4v) is 1.61. The number of nitrogens with one attached hydrogen (secondary N) is 1. The number of ether oxygens (including phenoxy) is 1. The Morgan fingerprint density at radius 3 is 2.73 bits per heavy atom. The SMILES string of the molecule is C[C@H](OC(=O)Cn1cnnn1)C(=O)NCc1ccc(F)cc1. The van der Waals surface area contributed by atoms with Gasteiger partial charge < -0.3 is 10.1 Å². The van der Waals surface area contributed by atoms with Gasteiger partial charge in [0.25, 0.3) is 5.91 Å². The lowest BCUT2D eigenvalue weighted by atomic mass is 10.2. The van der Waals surface area contributed by atoms with Crippen LogP contribution in [0.5, 0.6) is 0 Å². The second-order valence-corrected chi connectivity index (χ2v) is 4.48. The second kappa shape index (κ2) is 7.25. The number of nitrogens with zero attached hydrogens (tertiary/aromatic N) is 4. The average Bonchev–Trinajstić information content (AvgIpc) is 2.99. The van der Waals surface area contributed by atoms with Crippen LogP contribution in [0.15, 0.2) is 30.6 Å². The molecule has 1 N–H and O–H groups in total. The third kappa shape index (κ3) is 4.62. The first-order valence-corrected chi connectivity index (χ1v) is 6.47. The molecule has 1 atom stereocenters. The van der Waals surface area contributed by atoms with Gasteiger partial charge in [-0.2, -0.15) is 0 Å². The van der Waals surface area contributed by atoms with Crippen LogP contribution in [0.25, 0.3) is 0 Å². The monoisotopic (exact) mass is 307 g/mol. The molecule has 1 aromatic heterocycles. The minimum atomic E-state index is -0.954. The number of esters is 1.